The van der Waals surface area contributed by atoms with Crippen molar-refractivity contribution in [1.29, 1.82) is 0 Å². The maximum absolute atomic E-state index is 12.7. The SMILES string of the molecule is CC1C(=O)NC(=O)CN1C(=O)C1(C(N)=S)CCCC1. The zero-order valence-corrected chi connectivity index (χ0v) is 11.6. The first-order valence-electron chi connectivity index (χ1n) is 6.33. The van der Waals surface area contributed by atoms with Crippen LogP contribution in [-0.4, -0.2) is 40.2 Å². The molecule has 0 aromatic rings. The molecule has 0 bridgehead atoms. The minimum atomic E-state index is -0.874. The highest BCUT2D eigenvalue weighted by molar-refractivity contribution is 7.80. The molecule has 2 aliphatic rings. The maximum Gasteiger partial charge on any atom is 0.249 e. The van der Waals surface area contributed by atoms with Gasteiger partial charge in [-0.1, -0.05) is 25.1 Å². The van der Waals surface area contributed by atoms with Gasteiger partial charge in [0.15, 0.2) is 0 Å². The van der Waals surface area contributed by atoms with Gasteiger partial charge in [0.05, 0.1) is 10.4 Å². The van der Waals surface area contributed by atoms with Gasteiger partial charge in [-0.15, -0.1) is 0 Å². The molecule has 1 saturated carbocycles. The molecule has 6 nitrogen and oxygen atoms in total. The summed E-state index contributed by atoms with van der Waals surface area (Å²) < 4.78 is 0. The van der Waals surface area contributed by atoms with E-state index in [4.69, 9.17) is 18.0 Å². The zero-order valence-electron chi connectivity index (χ0n) is 10.8. The number of hydrogen-bond donors (Lipinski definition) is 2. The van der Waals surface area contributed by atoms with Crippen molar-refractivity contribution in [2.75, 3.05) is 6.54 Å². The van der Waals surface area contributed by atoms with Gasteiger partial charge in [-0.2, -0.15) is 0 Å². The summed E-state index contributed by atoms with van der Waals surface area (Å²) in [5, 5.41) is 2.21. The predicted octanol–water partition coefficient (Wildman–Crippen LogP) is -0.294. The van der Waals surface area contributed by atoms with Crippen LogP contribution < -0.4 is 11.1 Å². The molecule has 7 heteroatoms. The highest BCUT2D eigenvalue weighted by atomic mass is 32.1. The van der Waals surface area contributed by atoms with Gasteiger partial charge in [0, 0.05) is 0 Å². The average Bonchev–Trinajstić information content (AvgIpc) is 2.83. The lowest BCUT2D eigenvalue weighted by Crippen LogP contribution is -2.62. The third kappa shape index (κ3) is 2.22. The number of nitrogens with one attached hydrogen (secondary N) is 1. The molecule has 1 heterocycles. The van der Waals surface area contributed by atoms with Gasteiger partial charge >= 0.3 is 0 Å². The molecular weight excluding hydrogens is 266 g/mol. The van der Waals surface area contributed by atoms with Crippen LogP contribution in [-0.2, 0) is 14.4 Å². The Labute approximate surface area is 116 Å². The number of thiocarbonyl (C=S) groups is 1. The van der Waals surface area contributed by atoms with Crippen molar-refractivity contribution in [2.24, 2.45) is 11.1 Å². The first-order valence-corrected chi connectivity index (χ1v) is 6.74. The highest BCUT2D eigenvalue weighted by Crippen LogP contribution is 2.40. The molecule has 1 saturated heterocycles. The van der Waals surface area contributed by atoms with Crippen molar-refractivity contribution in [3.8, 4) is 0 Å². The smallest absolute Gasteiger partial charge is 0.249 e. The van der Waals surface area contributed by atoms with Gasteiger partial charge in [0.1, 0.15) is 12.6 Å². The summed E-state index contributed by atoms with van der Waals surface area (Å²) >= 11 is 5.06. The van der Waals surface area contributed by atoms with Gasteiger partial charge in [-0.25, -0.2) is 0 Å². The molecule has 0 aromatic carbocycles. The fraction of sp³-hybridized carbons (Fsp3) is 0.667. The molecule has 0 radical (unpaired) electrons. The van der Waals surface area contributed by atoms with Crippen molar-refractivity contribution in [2.45, 2.75) is 38.6 Å². The molecule has 1 atom stereocenters. The second-order valence-corrected chi connectivity index (χ2v) is 5.61. The average molecular weight is 283 g/mol. The Hall–Kier alpha value is -1.50. The number of carbonyl (C=O) groups excluding carboxylic acids is 3. The van der Waals surface area contributed by atoms with Crippen molar-refractivity contribution in [3.05, 3.63) is 0 Å². The van der Waals surface area contributed by atoms with E-state index in [1.807, 2.05) is 0 Å². The second-order valence-electron chi connectivity index (χ2n) is 5.17. The molecule has 1 unspecified atom stereocenters. The van der Waals surface area contributed by atoms with Crippen molar-refractivity contribution in [1.82, 2.24) is 10.2 Å². The molecular formula is C12H17N3O3S. The largest absolute Gasteiger partial charge is 0.392 e. The molecule has 0 spiro atoms. The highest BCUT2D eigenvalue weighted by Gasteiger charge is 2.49. The van der Waals surface area contributed by atoms with Crippen molar-refractivity contribution in [3.63, 3.8) is 0 Å². The fourth-order valence-electron chi connectivity index (χ4n) is 2.78. The Morgan fingerprint density at radius 2 is 2.00 bits per heavy atom. The zero-order chi connectivity index (χ0) is 14.2. The Morgan fingerprint density at radius 3 is 2.53 bits per heavy atom. The van der Waals surface area contributed by atoms with Crippen LogP contribution in [0.15, 0.2) is 0 Å². The lowest BCUT2D eigenvalue weighted by molar-refractivity contribution is -0.153. The summed E-state index contributed by atoms with van der Waals surface area (Å²) in [5.41, 5.74) is 4.88. The first kappa shape index (κ1) is 13.9. The van der Waals surface area contributed by atoms with E-state index in [2.05, 4.69) is 5.32 Å². The number of rotatable bonds is 2. The molecule has 19 heavy (non-hydrogen) atoms. The number of nitrogens with zero attached hydrogens (tertiary/aromatic N) is 1. The topological polar surface area (TPSA) is 92.5 Å². The van der Waals surface area contributed by atoms with Gasteiger partial charge in [-0.05, 0) is 19.8 Å². The summed E-state index contributed by atoms with van der Waals surface area (Å²) in [6.45, 7) is 1.48. The number of imide groups is 1. The van der Waals surface area contributed by atoms with Crippen LogP contribution in [0.4, 0.5) is 0 Å². The summed E-state index contributed by atoms with van der Waals surface area (Å²) in [6, 6.07) is -0.669. The molecule has 0 aromatic heterocycles. The first-order chi connectivity index (χ1) is 8.88. The van der Waals surface area contributed by atoms with Crippen LogP contribution in [0.2, 0.25) is 0 Å². The van der Waals surface area contributed by atoms with Gasteiger partial charge in [0.25, 0.3) is 0 Å². The number of amides is 3. The standard InChI is InChI=1S/C12H17N3O3S/c1-7-9(17)14-8(16)6-15(7)11(18)12(10(13)19)4-2-3-5-12/h7H,2-6H2,1H3,(H2,13,19)(H,14,16,17). The van der Waals surface area contributed by atoms with Crippen LogP contribution in [0, 0.1) is 5.41 Å². The second kappa shape index (κ2) is 4.88. The van der Waals surface area contributed by atoms with Gasteiger partial charge < -0.3 is 10.6 Å². The van der Waals surface area contributed by atoms with Crippen LogP contribution in [0.1, 0.15) is 32.6 Å². The molecule has 2 rings (SSSR count). The van der Waals surface area contributed by atoms with Crippen LogP contribution in [0.5, 0.6) is 0 Å². The summed E-state index contributed by atoms with van der Waals surface area (Å²) in [6.07, 6.45) is 2.96. The molecule has 1 aliphatic heterocycles. The number of carbonyl (C=O) groups is 3. The lowest BCUT2D eigenvalue weighted by Gasteiger charge is -2.38. The van der Waals surface area contributed by atoms with Gasteiger partial charge in [0.2, 0.25) is 17.7 Å². The van der Waals surface area contributed by atoms with E-state index in [1.165, 1.54) is 4.90 Å². The minimum Gasteiger partial charge on any atom is -0.392 e. The quantitative estimate of drug-likeness (QED) is 0.536. The van der Waals surface area contributed by atoms with E-state index >= 15 is 0 Å². The Bertz CT molecular complexity index is 457. The number of hydrogen-bond acceptors (Lipinski definition) is 4. The van der Waals surface area contributed by atoms with Crippen molar-refractivity contribution < 1.29 is 14.4 Å². The summed E-state index contributed by atoms with van der Waals surface area (Å²) in [5.74, 6) is -1.21. The van der Waals surface area contributed by atoms with Crippen LogP contribution in [0.3, 0.4) is 0 Å². The number of nitrogens with two attached hydrogens (primary N) is 1. The number of piperazine rings is 1. The van der Waals surface area contributed by atoms with E-state index in [9.17, 15) is 14.4 Å². The van der Waals surface area contributed by atoms with E-state index in [0.29, 0.717) is 12.8 Å². The Balaban J connectivity index is 2.29. The monoisotopic (exact) mass is 283 g/mol. The van der Waals surface area contributed by atoms with E-state index < -0.39 is 23.3 Å². The van der Waals surface area contributed by atoms with E-state index in [-0.39, 0.29) is 17.4 Å². The third-order valence-electron chi connectivity index (χ3n) is 4.02. The van der Waals surface area contributed by atoms with Gasteiger partial charge in [-0.3, -0.25) is 19.7 Å². The Morgan fingerprint density at radius 1 is 1.42 bits per heavy atom. The maximum atomic E-state index is 12.7. The normalized spacial score (nSPS) is 26.2. The molecule has 3 amide bonds. The summed E-state index contributed by atoms with van der Waals surface area (Å²) in [7, 11) is 0. The lowest BCUT2D eigenvalue weighted by atomic mass is 9.83. The van der Waals surface area contributed by atoms with Crippen LogP contribution in [0.25, 0.3) is 0 Å². The molecule has 2 fully saturated rings. The fourth-order valence-corrected chi connectivity index (χ4v) is 3.07. The Kier molecular flexibility index (Phi) is 3.58. The molecule has 1 aliphatic carbocycles. The predicted molar refractivity (Wildman–Crippen MR) is 72.0 cm³/mol. The van der Waals surface area contributed by atoms with Crippen LogP contribution >= 0.6 is 12.2 Å². The third-order valence-corrected chi connectivity index (χ3v) is 4.41. The molecule has 104 valence electrons. The summed E-state index contributed by atoms with van der Waals surface area (Å²) in [4.78, 5) is 37.2. The minimum absolute atomic E-state index is 0.115. The van der Waals surface area contributed by atoms with E-state index in [1.54, 1.807) is 6.92 Å². The molecule has 3 N–H and O–H groups in total. The van der Waals surface area contributed by atoms with E-state index in [0.717, 1.165) is 12.8 Å². The van der Waals surface area contributed by atoms with Crippen molar-refractivity contribution >= 4 is 34.9 Å².